The number of sulfonamides is 1. The second-order valence-corrected chi connectivity index (χ2v) is 8.49. The first kappa shape index (κ1) is 22.2. The zero-order valence-corrected chi connectivity index (χ0v) is 18.1. The van der Waals surface area contributed by atoms with Crippen LogP contribution in [0.15, 0.2) is 83.8 Å². The maximum absolute atomic E-state index is 13.4. The molecule has 8 heteroatoms. The van der Waals surface area contributed by atoms with Crippen molar-refractivity contribution in [1.29, 1.82) is 0 Å². The number of ether oxygens (including phenoxy) is 2. The molecule has 0 heterocycles. The average Bonchev–Trinajstić information content (AvgIpc) is 2.82. The van der Waals surface area contributed by atoms with Gasteiger partial charge in [-0.25, -0.2) is 8.42 Å². The van der Waals surface area contributed by atoms with Gasteiger partial charge in [-0.3, -0.25) is 9.10 Å². The standard InChI is InChI=1S/C23H24N2O5S/c1-29-21-14-13-19(15-22(21)30-2)25(31(27,28)20-11-7-4-8-12-20)17-23(26)24-16-18-9-5-3-6-10-18/h3-15H,16-17H2,1-2H3,(H,24,26). The van der Waals surface area contributed by atoms with Gasteiger partial charge in [-0.15, -0.1) is 0 Å². The summed E-state index contributed by atoms with van der Waals surface area (Å²) in [6, 6.07) is 22.1. The van der Waals surface area contributed by atoms with Crippen LogP contribution in [0.2, 0.25) is 0 Å². The van der Waals surface area contributed by atoms with Crippen LogP contribution in [-0.2, 0) is 21.4 Å². The van der Waals surface area contributed by atoms with E-state index in [9.17, 15) is 13.2 Å². The normalized spacial score (nSPS) is 10.9. The number of anilines is 1. The van der Waals surface area contributed by atoms with Gasteiger partial charge >= 0.3 is 0 Å². The number of nitrogens with one attached hydrogen (secondary N) is 1. The molecule has 0 aromatic heterocycles. The van der Waals surface area contributed by atoms with Crippen LogP contribution in [0.4, 0.5) is 5.69 Å². The number of hydrogen-bond acceptors (Lipinski definition) is 5. The van der Waals surface area contributed by atoms with Gasteiger partial charge in [0.25, 0.3) is 10.0 Å². The maximum Gasteiger partial charge on any atom is 0.264 e. The Morgan fingerprint density at radius 2 is 1.48 bits per heavy atom. The largest absolute Gasteiger partial charge is 0.493 e. The second kappa shape index (κ2) is 9.99. The first-order chi connectivity index (χ1) is 15.0. The molecular weight excluding hydrogens is 416 g/mol. The lowest BCUT2D eigenvalue weighted by Crippen LogP contribution is -2.40. The summed E-state index contributed by atoms with van der Waals surface area (Å²) in [5, 5.41) is 2.77. The Bertz CT molecular complexity index is 1120. The van der Waals surface area contributed by atoms with E-state index in [1.807, 2.05) is 30.3 Å². The van der Waals surface area contributed by atoms with E-state index in [-0.39, 0.29) is 17.1 Å². The molecular formula is C23H24N2O5S. The zero-order valence-electron chi connectivity index (χ0n) is 17.3. The van der Waals surface area contributed by atoms with E-state index in [1.165, 1.54) is 32.4 Å². The Hall–Kier alpha value is -3.52. The lowest BCUT2D eigenvalue weighted by Gasteiger charge is -2.25. The Labute approximate surface area is 182 Å². The molecule has 0 saturated carbocycles. The number of hydrogen-bond donors (Lipinski definition) is 1. The molecule has 0 atom stereocenters. The van der Waals surface area contributed by atoms with Crippen molar-refractivity contribution in [2.75, 3.05) is 25.1 Å². The van der Waals surface area contributed by atoms with Crippen LogP contribution in [0.5, 0.6) is 11.5 Å². The highest BCUT2D eigenvalue weighted by Crippen LogP contribution is 2.33. The van der Waals surface area contributed by atoms with E-state index in [4.69, 9.17) is 9.47 Å². The number of carbonyl (C=O) groups is 1. The van der Waals surface area contributed by atoms with Gasteiger partial charge in [0.05, 0.1) is 24.8 Å². The van der Waals surface area contributed by atoms with E-state index in [2.05, 4.69) is 5.32 Å². The van der Waals surface area contributed by atoms with Gasteiger partial charge in [0.1, 0.15) is 6.54 Å². The van der Waals surface area contributed by atoms with Gasteiger partial charge in [0, 0.05) is 12.6 Å². The SMILES string of the molecule is COc1ccc(N(CC(=O)NCc2ccccc2)S(=O)(=O)c2ccccc2)cc1OC. The first-order valence-corrected chi connectivity index (χ1v) is 11.0. The smallest absolute Gasteiger partial charge is 0.264 e. The fourth-order valence-corrected chi connectivity index (χ4v) is 4.43. The number of methoxy groups -OCH3 is 2. The highest BCUT2D eigenvalue weighted by Gasteiger charge is 2.28. The third kappa shape index (κ3) is 5.35. The molecule has 0 spiro atoms. The molecule has 3 aromatic rings. The van der Waals surface area contributed by atoms with E-state index in [0.717, 1.165) is 9.87 Å². The van der Waals surface area contributed by atoms with Crippen molar-refractivity contribution < 1.29 is 22.7 Å². The first-order valence-electron chi connectivity index (χ1n) is 9.56. The van der Waals surface area contributed by atoms with Crippen LogP contribution >= 0.6 is 0 Å². The molecule has 7 nitrogen and oxygen atoms in total. The minimum atomic E-state index is -4.00. The van der Waals surface area contributed by atoms with Gasteiger partial charge in [-0.1, -0.05) is 48.5 Å². The zero-order chi connectivity index (χ0) is 22.3. The molecule has 0 fully saturated rings. The van der Waals surface area contributed by atoms with E-state index in [1.54, 1.807) is 30.3 Å². The molecule has 0 saturated heterocycles. The number of rotatable bonds is 9. The van der Waals surface area contributed by atoms with Crippen LogP contribution < -0.4 is 19.1 Å². The Morgan fingerprint density at radius 3 is 2.10 bits per heavy atom. The fraction of sp³-hybridized carbons (Fsp3) is 0.174. The van der Waals surface area contributed by atoms with Gasteiger partial charge in [0.2, 0.25) is 5.91 Å². The Kier molecular flexibility index (Phi) is 7.15. The molecule has 0 unspecified atom stereocenters. The number of carbonyl (C=O) groups excluding carboxylic acids is 1. The van der Waals surface area contributed by atoms with Crippen molar-refractivity contribution in [3.05, 3.63) is 84.4 Å². The van der Waals surface area contributed by atoms with Crippen LogP contribution in [0, 0.1) is 0 Å². The van der Waals surface area contributed by atoms with E-state index in [0.29, 0.717) is 18.0 Å². The average molecular weight is 441 g/mol. The predicted molar refractivity (Wildman–Crippen MR) is 119 cm³/mol. The van der Waals surface area contributed by atoms with Crippen LogP contribution in [-0.4, -0.2) is 35.1 Å². The van der Waals surface area contributed by atoms with Crippen molar-refractivity contribution in [3.8, 4) is 11.5 Å². The fourth-order valence-electron chi connectivity index (χ4n) is 3.00. The molecule has 0 aliphatic rings. The van der Waals surface area contributed by atoms with Gasteiger partial charge < -0.3 is 14.8 Å². The Balaban J connectivity index is 1.92. The molecule has 31 heavy (non-hydrogen) atoms. The summed E-state index contributed by atoms with van der Waals surface area (Å²) in [7, 11) is -1.04. The number of nitrogens with zero attached hydrogens (tertiary/aromatic N) is 1. The van der Waals surface area contributed by atoms with Crippen LogP contribution in [0.1, 0.15) is 5.56 Å². The molecule has 0 aliphatic heterocycles. The van der Waals surface area contributed by atoms with Crippen molar-refractivity contribution in [2.45, 2.75) is 11.4 Å². The predicted octanol–water partition coefficient (Wildman–Crippen LogP) is 3.22. The summed E-state index contributed by atoms with van der Waals surface area (Å²) in [6.07, 6.45) is 0. The summed E-state index contributed by atoms with van der Waals surface area (Å²) in [4.78, 5) is 12.8. The summed E-state index contributed by atoms with van der Waals surface area (Å²) in [6.45, 7) is -0.0929. The van der Waals surface area contributed by atoms with Gasteiger partial charge in [0.15, 0.2) is 11.5 Å². The van der Waals surface area contributed by atoms with Gasteiger partial charge in [-0.05, 0) is 29.8 Å². The van der Waals surface area contributed by atoms with Crippen molar-refractivity contribution in [2.24, 2.45) is 0 Å². The van der Waals surface area contributed by atoms with E-state index >= 15 is 0 Å². The second-order valence-electron chi connectivity index (χ2n) is 6.63. The maximum atomic E-state index is 13.4. The van der Waals surface area contributed by atoms with E-state index < -0.39 is 15.9 Å². The third-order valence-electron chi connectivity index (χ3n) is 4.61. The molecule has 1 amide bonds. The molecule has 162 valence electrons. The molecule has 3 rings (SSSR count). The van der Waals surface area contributed by atoms with Crippen molar-refractivity contribution in [3.63, 3.8) is 0 Å². The third-order valence-corrected chi connectivity index (χ3v) is 6.39. The molecule has 3 aromatic carbocycles. The molecule has 1 N–H and O–H groups in total. The molecule has 0 aliphatic carbocycles. The van der Waals surface area contributed by atoms with Crippen LogP contribution in [0.25, 0.3) is 0 Å². The summed E-state index contributed by atoms with van der Waals surface area (Å²) in [5.74, 6) is 0.382. The Morgan fingerprint density at radius 1 is 0.871 bits per heavy atom. The summed E-state index contributed by atoms with van der Waals surface area (Å²) in [5.41, 5.74) is 1.20. The number of amides is 1. The lowest BCUT2D eigenvalue weighted by molar-refractivity contribution is -0.119. The topological polar surface area (TPSA) is 84.9 Å². The highest BCUT2D eigenvalue weighted by molar-refractivity contribution is 7.92. The molecule has 0 radical (unpaired) electrons. The minimum Gasteiger partial charge on any atom is -0.493 e. The van der Waals surface area contributed by atoms with Crippen LogP contribution in [0.3, 0.4) is 0 Å². The van der Waals surface area contributed by atoms with Crippen molar-refractivity contribution in [1.82, 2.24) is 5.32 Å². The summed E-state index contributed by atoms with van der Waals surface area (Å²) < 4.78 is 38.3. The quantitative estimate of drug-likeness (QED) is 0.552. The summed E-state index contributed by atoms with van der Waals surface area (Å²) >= 11 is 0. The number of benzene rings is 3. The molecule has 0 bridgehead atoms. The van der Waals surface area contributed by atoms with Gasteiger partial charge in [-0.2, -0.15) is 0 Å². The highest BCUT2D eigenvalue weighted by atomic mass is 32.2. The minimum absolute atomic E-state index is 0.0839. The lowest BCUT2D eigenvalue weighted by atomic mass is 10.2. The van der Waals surface area contributed by atoms with Crippen molar-refractivity contribution >= 4 is 21.6 Å². The monoisotopic (exact) mass is 440 g/mol.